The predicted molar refractivity (Wildman–Crippen MR) is 105 cm³/mol. The van der Waals surface area contributed by atoms with Crippen LogP contribution in [-0.2, 0) is 19.6 Å². The first-order valence-electron chi connectivity index (χ1n) is 9.11. The van der Waals surface area contributed by atoms with Gasteiger partial charge in [0.15, 0.2) is 0 Å². The Hall–Kier alpha value is -3.69. The number of aromatic amines is 1. The number of aryl methyl sites for hydroxylation is 2. The van der Waals surface area contributed by atoms with Crippen molar-refractivity contribution in [2.24, 2.45) is 7.05 Å². The number of hydrogen-bond acceptors (Lipinski definition) is 4. The van der Waals surface area contributed by atoms with E-state index in [1.807, 2.05) is 6.92 Å². The smallest absolute Gasteiger partial charge is 0.354 e. The lowest BCUT2D eigenvalue weighted by atomic mass is 9.99. The van der Waals surface area contributed by atoms with E-state index in [0.717, 1.165) is 11.6 Å². The Morgan fingerprint density at radius 2 is 2.00 bits per heavy atom. The highest BCUT2D eigenvalue weighted by molar-refractivity contribution is 6.02. The zero-order valence-corrected chi connectivity index (χ0v) is 16.1. The summed E-state index contributed by atoms with van der Waals surface area (Å²) < 4.78 is 41.9. The van der Waals surface area contributed by atoms with E-state index in [0.29, 0.717) is 23.0 Å². The Kier molecular flexibility index (Phi) is 4.76. The Labute approximate surface area is 169 Å². The van der Waals surface area contributed by atoms with E-state index in [-0.39, 0.29) is 17.2 Å². The minimum atomic E-state index is -4.48. The number of rotatable bonds is 4. The van der Waals surface area contributed by atoms with Crippen molar-refractivity contribution >= 4 is 22.6 Å². The van der Waals surface area contributed by atoms with Gasteiger partial charge in [-0.2, -0.15) is 18.3 Å². The number of fused-ring (bicyclic) bond motifs is 1. The van der Waals surface area contributed by atoms with E-state index in [2.05, 4.69) is 25.4 Å². The van der Waals surface area contributed by atoms with Crippen molar-refractivity contribution in [1.82, 2.24) is 24.7 Å². The van der Waals surface area contributed by atoms with Crippen LogP contribution in [0, 0.1) is 0 Å². The molecule has 0 atom stereocenters. The molecule has 3 aromatic heterocycles. The molecule has 2 N–H and O–H groups in total. The molecule has 3 heterocycles. The lowest BCUT2D eigenvalue weighted by Crippen LogP contribution is -2.18. The van der Waals surface area contributed by atoms with Gasteiger partial charge in [0.2, 0.25) is 5.82 Å². The van der Waals surface area contributed by atoms with Gasteiger partial charge < -0.3 is 10.3 Å². The molecular formula is C20H17F3N6O. The number of alkyl halides is 3. The molecule has 0 saturated heterocycles. The molecule has 154 valence electrons. The van der Waals surface area contributed by atoms with Crippen LogP contribution in [0.3, 0.4) is 0 Å². The quantitative estimate of drug-likeness (QED) is 0.524. The first-order chi connectivity index (χ1) is 14.3. The number of H-pyrrole nitrogens is 1. The Balaban J connectivity index is 1.71. The monoisotopic (exact) mass is 414 g/mol. The fourth-order valence-electron chi connectivity index (χ4n) is 3.19. The summed E-state index contributed by atoms with van der Waals surface area (Å²) in [6.07, 6.45) is -1.12. The zero-order chi connectivity index (χ0) is 21.5. The lowest BCUT2D eigenvalue weighted by Gasteiger charge is -2.13. The third kappa shape index (κ3) is 3.63. The van der Waals surface area contributed by atoms with Crippen LogP contribution in [0.2, 0.25) is 0 Å². The largest absolute Gasteiger partial charge is 0.417 e. The molecule has 0 radical (unpaired) electrons. The second-order valence-corrected chi connectivity index (χ2v) is 6.73. The van der Waals surface area contributed by atoms with Crippen molar-refractivity contribution < 1.29 is 18.0 Å². The van der Waals surface area contributed by atoms with E-state index < -0.39 is 17.6 Å². The maximum Gasteiger partial charge on any atom is 0.417 e. The fraction of sp³-hybridized carbons (Fsp3) is 0.200. The van der Waals surface area contributed by atoms with Crippen LogP contribution in [0.15, 0.2) is 42.9 Å². The minimum Gasteiger partial charge on any atom is -0.354 e. The average molecular weight is 414 g/mol. The van der Waals surface area contributed by atoms with Crippen LogP contribution in [-0.4, -0.2) is 30.6 Å². The van der Waals surface area contributed by atoms with Gasteiger partial charge in [-0.1, -0.05) is 13.0 Å². The van der Waals surface area contributed by atoms with E-state index in [9.17, 15) is 18.0 Å². The Morgan fingerprint density at radius 1 is 1.20 bits per heavy atom. The number of carbonyl (C=O) groups excluding carboxylic acids is 1. The van der Waals surface area contributed by atoms with Crippen LogP contribution in [0.25, 0.3) is 22.2 Å². The number of halogens is 3. The van der Waals surface area contributed by atoms with Crippen molar-refractivity contribution in [3.05, 3.63) is 59.8 Å². The molecule has 0 unspecified atom stereocenters. The van der Waals surface area contributed by atoms with E-state index in [1.54, 1.807) is 19.2 Å². The molecule has 0 bridgehead atoms. The highest BCUT2D eigenvalue weighted by Crippen LogP contribution is 2.38. The number of benzene rings is 1. The molecule has 7 nitrogen and oxygen atoms in total. The van der Waals surface area contributed by atoms with Gasteiger partial charge in [-0.15, -0.1) is 0 Å². The van der Waals surface area contributed by atoms with Gasteiger partial charge in [0.05, 0.1) is 11.1 Å². The van der Waals surface area contributed by atoms with Gasteiger partial charge in [-0.05, 0) is 30.2 Å². The maximum atomic E-state index is 13.5. The SMILES string of the molecule is CCc1ccc(C(F)(F)F)c(-c2cc3cnc(NC(=O)c4ncnn4C)cc3[nH]2)c1. The molecule has 4 rings (SSSR count). The second-order valence-electron chi connectivity index (χ2n) is 6.73. The van der Waals surface area contributed by atoms with Crippen LogP contribution in [0.4, 0.5) is 19.0 Å². The number of nitrogens with zero attached hydrogens (tertiary/aromatic N) is 4. The van der Waals surface area contributed by atoms with E-state index in [4.69, 9.17) is 0 Å². The lowest BCUT2D eigenvalue weighted by molar-refractivity contribution is -0.137. The van der Waals surface area contributed by atoms with Crippen molar-refractivity contribution in [3.8, 4) is 11.3 Å². The molecule has 30 heavy (non-hydrogen) atoms. The number of carbonyl (C=O) groups is 1. The van der Waals surface area contributed by atoms with E-state index >= 15 is 0 Å². The summed E-state index contributed by atoms with van der Waals surface area (Å²) in [6, 6.07) is 7.30. The van der Waals surface area contributed by atoms with Gasteiger partial charge in [0.1, 0.15) is 12.1 Å². The summed E-state index contributed by atoms with van der Waals surface area (Å²) >= 11 is 0. The van der Waals surface area contributed by atoms with Crippen LogP contribution < -0.4 is 5.32 Å². The molecule has 0 aliphatic rings. The molecular weight excluding hydrogens is 397 g/mol. The molecule has 0 aliphatic heterocycles. The standard InChI is InChI=1S/C20H17F3N6O/c1-3-11-4-5-14(20(21,22)23)13(6-11)16-7-12-9-24-17(8-15(12)27-16)28-19(30)18-25-10-26-29(18)2/h4-10,27H,3H2,1-2H3,(H,24,28,30). The van der Waals surface area contributed by atoms with Crippen LogP contribution in [0.5, 0.6) is 0 Å². The minimum absolute atomic E-state index is 0.0720. The highest BCUT2D eigenvalue weighted by atomic mass is 19.4. The molecule has 0 saturated carbocycles. The number of nitrogens with one attached hydrogen (secondary N) is 2. The third-order valence-corrected chi connectivity index (χ3v) is 4.75. The summed E-state index contributed by atoms with van der Waals surface area (Å²) in [5, 5.41) is 7.06. The fourth-order valence-corrected chi connectivity index (χ4v) is 3.19. The van der Waals surface area contributed by atoms with Crippen LogP contribution in [0.1, 0.15) is 28.7 Å². The normalized spacial score (nSPS) is 11.8. The Morgan fingerprint density at radius 3 is 2.67 bits per heavy atom. The predicted octanol–water partition coefficient (Wildman–Crippen LogP) is 4.19. The number of aromatic nitrogens is 5. The van der Waals surface area contributed by atoms with Gasteiger partial charge in [-0.25, -0.2) is 14.6 Å². The summed E-state index contributed by atoms with van der Waals surface area (Å²) in [7, 11) is 1.58. The van der Waals surface area contributed by atoms with Gasteiger partial charge in [0.25, 0.3) is 5.91 Å². The van der Waals surface area contributed by atoms with Crippen LogP contribution >= 0.6 is 0 Å². The van der Waals surface area contributed by atoms with E-state index in [1.165, 1.54) is 29.3 Å². The molecule has 0 spiro atoms. The zero-order valence-electron chi connectivity index (χ0n) is 16.1. The summed E-state index contributed by atoms with van der Waals surface area (Å²) in [5.74, 6) is -0.152. The Bertz CT molecular complexity index is 1240. The number of pyridine rings is 1. The average Bonchev–Trinajstić information content (AvgIpc) is 3.32. The highest BCUT2D eigenvalue weighted by Gasteiger charge is 2.34. The molecule has 0 fully saturated rings. The van der Waals surface area contributed by atoms with Crippen molar-refractivity contribution in [3.63, 3.8) is 0 Å². The van der Waals surface area contributed by atoms with Gasteiger partial charge in [-0.3, -0.25) is 4.79 Å². The summed E-state index contributed by atoms with van der Waals surface area (Å²) in [4.78, 5) is 23.3. The maximum absolute atomic E-state index is 13.5. The molecule has 10 heteroatoms. The first kappa shape index (κ1) is 19.6. The molecule has 1 amide bonds. The molecule has 4 aromatic rings. The summed E-state index contributed by atoms with van der Waals surface area (Å²) in [6.45, 7) is 1.88. The first-order valence-corrected chi connectivity index (χ1v) is 9.11. The third-order valence-electron chi connectivity index (χ3n) is 4.75. The topological polar surface area (TPSA) is 88.5 Å². The molecule has 1 aromatic carbocycles. The number of anilines is 1. The van der Waals surface area contributed by atoms with Gasteiger partial charge in [0, 0.05) is 36.0 Å². The van der Waals surface area contributed by atoms with Crippen molar-refractivity contribution in [2.45, 2.75) is 19.5 Å². The summed E-state index contributed by atoms with van der Waals surface area (Å²) in [5.41, 5.74) is 1.03. The van der Waals surface area contributed by atoms with Gasteiger partial charge >= 0.3 is 6.18 Å². The number of amides is 1. The second kappa shape index (κ2) is 7.29. The van der Waals surface area contributed by atoms with Crippen molar-refractivity contribution in [2.75, 3.05) is 5.32 Å². The van der Waals surface area contributed by atoms with Crippen molar-refractivity contribution in [1.29, 1.82) is 0 Å². The number of hydrogen-bond donors (Lipinski definition) is 2. The molecule has 0 aliphatic carbocycles.